The molecule has 1 aromatic carbocycles. The third-order valence-electron chi connectivity index (χ3n) is 5.46. The SMILES string of the molecule is Cc1nc(N[C@H](C)c2cccc(C(F)(F)C(C)(C)O)c2F)c2cc(P(C)(C)=O)nc(C)c2n1. The summed E-state index contributed by atoms with van der Waals surface area (Å²) in [6.45, 7) is 10.1. The van der Waals surface area contributed by atoms with Gasteiger partial charge in [0.05, 0.1) is 22.8 Å². The van der Waals surface area contributed by atoms with Crippen LogP contribution in [0.1, 0.15) is 49.5 Å². The maximum Gasteiger partial charge on any atom is 0.303 e. The summed E-state index contributed by atoms with van der Waals surface area (Å²) in [7, 11) is -2.68. The Balaban J connectivity index is 2.11. The molecular formula is C23H28F3N4O2P. The van der Waals surface area contributed by atoms with Crippen molar-refractivity contribution in [2.24, 2.45) is 0 Å². The molecule has 0 saturated heterocycles. The lowest BCUT2D eigenvalue weighted by atomic mass is 9.91. The lowest BCUT2D eigenvalue weighted by molar-refractivity contribution is -0.170. The number of aromatic nitrogens is 3. The molecule has 0 amide bonds. The first-order valence-corrected chi connectivity index (χ1v) is 13.0. The number of fused-ring (bicyclic) bond motifs is 1. The normalized spacial score (nSPS) is 13.9. The van der Waals surface area contributed by atoms with Gasteiger partial charge in [-0.3, -0.25) is 0 Å². The summed E-state index contributed by atoms with van der Waals surface area (Å²) in [5.41, 5.74) is -1.80. The number of alkyl halides is 2. The molecule has 0 fully saturated rings. The summed E-state index contributed by atoms with van der Waals surface area (Å²) in [6.07, 6.45) is 0. The van der Waals surface area contributed by atoms with Gasteiger partial charge in [0, 0.05) is 10.9 Å². The van der Waals surface area contributed by atoms with Gasteiger partial charge in [0.2, 0.25) is 0 Å². The summed E-state index contributed by atoms with van der Waals surface area (Å²) >= 11 is 0. The van der Waals surface area contributed by atoms with Crippen LogP contribution < -0.4 is 10.8 Å². The summed E-state index contributed by atoms with van der Waals surface area (Å²) < 4.78 is 57.2. The van der Waals surface area contributed by atoms with Crippen molar-refractivity contribution in [2.75, 3.05) is 18.6 Å². The number of pyridine rings is 1. The van der Waals surface area contributed by atoms with Gasteiger partial charge in [0.1, 0.15) is 35.6 Å². The van der Waals surface area contributed by atoms with Gasteiger partial charge in [-0.05, 0) is 60.1 Å². The van der Waals surface area contributed by atoms with Crippen LogP contribution in [-0.2, 0) is 10.5 Å². The van der Waals surface area contributed by atoms with Gasteiger partial charge in [-0.15, -0.1) is 0 Å². The number of nitrogens with one attached hydrogen (secondary N) is 1. The molecule has 6 nitrogen and oxygen atoms in total. The largest absolute Gasteiger partial charge is 0.384 e. The standard InChI is InChI=1S/C23H28F3N4O2P/c1-12(15-9-8-10-17(19(15)24)23(25,26)22(4,5)31)28-21-16-11-18(33(6,7)32)27-13(2)20(16)29-14(3)30-21/h8-12,31H,1-7H3,(H,28,29,30)/t12-/m1/s1. The molecule has 3 aromatic rings. The fourth-order valence-electron chi connectivity index (χ4n) is 3.50. The summed E-state index contributed by atoms with van der Waals surface area (Å²) in [4.78, 5) is 13.3. The average molecular weight is 480 g/mol. The van der Waals surface area contributed by atoms with Crippen LogP contribution in [0.2, 0.25) is 0 Å². The van der Waals surface area contributed by atoms with Crippen LogP contribution in [0, 0.1) is 19.7 Å². The molecule has 0 aliphatic carbocycles. The molecule has 0 aliphatic rings. The lowest BCUT2D eigenvalue weighted by Gasteiger charge is -2.30. The van der Waals surface area contributed by atoms with Gasteiger partial charge in [0.25, 0.3) is 0 Å². The summed E-state index contributed by atoms with van der Waals surface area (Å²) in [5, 5.41) is 13.5. The minimum Gasteiger partial charge on any atom is -0.384 e. The van der Waals surface area contributed by atoms with E-state index in [1.807, 2.05) is 0 Å². The molecule has 2 N–H and O–H groups in total. The van der Waals surface area contributed by atoms with Crippen LogP contribution in [0.5, 0.6) is 0 Å². The third kappa shape index (κ3) is 4.75. The highest BCUT2D eigenvalue weighted by molar-refractivity contribution is 7.69. The zero-order valence-corrected chi connectivity index (χ0v) is 20.6. The van der Waals surface area contributed by atoms with Gasteiger partial charge in [-0.1, -0.05) is 12.1 Å². The Morgan fingerprint density at radius 2 is 1.76 bits per heavy atom. The minimum absolute atomic E-state index is 0.0107. The second kappa shape index (κ2) is 8.37. The van der Waals surface area contributed by atoms with Crippen LogP contribution >= 0.6 is 7.14 Å². The van der Waals surface area contributed by atoms with Crippen molar-refractivity contribution in [1.29, 1.82) is 0 Å². The average Bonchev–Trinajstić information content (AvgIpc) is 2.66. The number of nitrogens with zero attached hydrogens (tertiary/aromatic N) is 3. The van der Waals surface area contributed by atoms with Crippen LogP contribution in [0.15, 0.2) is 24.3 Å². The fraction of sp³-hybridized carbons (Fsp3) is 0.435. The van der Waals surface area contributed by atoms with Crippen molar-refractivity contribution in [2.45, 2.75) is 52.2 Å². The number of hydrogen-bond donors (Lipinski definition) is 2. The maximum atomic E-state index is 15.2. The topological polar surface area (TPSA) is 88.0 Å². The molecule has 0 bridgehead atoms. The smallest absolute Gasteiger partial charge is 0.303 e. The van der Waals surface area contributed by atoms with E-state index in [1.165, 1.54) is 12.1 Å². The Bertz CT molecular complexity index is 1270. The molecule has 0 aliphatic heterocycles. The molecule has 0 saturated carbocycles. The van der Waals surface area contributed by atoms with E-state index in [0.717, 1.165) is 19.9 Å². The minimum atomic E-state index is -3.80. The highest BCUT2D eigenvalue weighted by Crippen LogP contribution is 2.41. The van der Waals surface area contributed by atoms with Crippen LogP contribution in [0.25, 0.3) is 10.9 Å². The van der Waals surface area contributed by atoms with E-state index < -0.39 is 36.1 Å². The van der Waals surface area contributed by atoms with Crippen LogP contribution in [-0.4, -0.2) is 39.0 Å². The molecule has 0 unspecified atom stereocenters. The molecule has 2 aromatic heterocycles. The Morgan fingerprint density at radius 1 is 1.12 bits per heavy atom. The second-order valence-electron chi connectivity index (χ2n) is 9.14. The maximum absolute atomic E-state index is 15.2. The van der Waals surface area contributed by atoms with Crippen LogP contribution in [0.4, 0.5) is 19.0 Å². The molecule has 3 rings (SSSR count). The third-order valence-corrected chi connectivity index (χ3v) is 6.80. The summed E-state index contributed by atoms with van der Waals surface area (Å²) in [5.74, 6) is -4.12. The Morgan fingerprint density at radius 3 is 2.33 bits per heavy atom. The zero-order valence-electron chi connectivity index (χ0n) is 19.7. The molecule has 178 valence electrons. The van der Waals surface area contributed by atoms with E-state index in [0.29, 0.717) is 33.7 Å². The van der Waals surface area contributed by atoms with E-state index in [-0.39, 0.29) is 5.56 Å². The fourth-order valence-corrected chi connectivity index (χ4v) is 4.34. The number of benzene rings is 1. The molecular weight excluding hydrogens is 452 g/mol. The van der Waals surface area contributed by atoms with Crippen molar-refractivity contribution < 1.29 is 22.8 Å². The van der Waals surface area contributed by atoms with E-state index >= 15 is 4.39 Å². The summed E-state index contributed by atoms with van der Waals surface area (Å²) in [6, 6.07) is 4.58. The van der Waals surface area contributed by atoms with Crippen LogP contribution in [0.3, 0.4) is 0 Å². The lowest BCUT2D eigenvalue weighted by Crippen LogP contribution is -2.41. The Labute approximate surface area is 191 Å². The number of halogens is 3. The van der Waals surface area contributed by atoms with E-state index in [4.69, 9.17) is 0 Å². The first-order chi connectivity index (χ1) is 15.0. The van der Waals surface area contributed by atoms with E-state index in [1.54, 1.807) is 40.2 Å². The highest BCUT2D eigenvalue weighted by atomic mass is 31.2. The number of aliphatic hydroxyl groups is 1. The second-order valence-corrected chi connectivity index (χ2v) is 12.3. The van der Waals surface area contributed by atoms with Gasteiger partial charge in [0.15, 0.2) is 0 Å². The van der Waals surface area contributed by atoms with E-state index in [9.17, 15) is 18.5 Å². The molecule has 0 spiro atoms. The van der Waals surface area contributed by atoms with Gasteiger partial charge in [-0.25, -0.2) is 19.3 Å². The molecule has 33 heavy (non-hydrogen) atoms. The first kappa shape index (κ1) is 25.1. The predicted molar refractivity (Wildman–Crippen MR) is 125 cm³/mol. The quantitative estimate of drug-likeness (QED) is 0.480. The van der Waals surface area contributed by atoms with Crippen molar-refractivity contribution in [3.8, 4) is 0 Å². The number of hydrogen-bond acceptors (Lipinski definition) is 6. The van der Waals surface area contributed by atoms with Crippen molar-refractivity contribution in [1.82, 2.24) is 15.0 Å². The van der Waals surface area contributed by atoms with Crippen molar-refractivity contribution in [3.05, 3.63) is 52.7 Å². The van der Waals surface area contributed by atoms with Gasteiger partial charge >= 0.3 is 5.92 Å². The molecule has 10 heteroatoms. The van der Waals surface area contributed by atoms with Gasteiger partial charge < -0.3 is 15.0 Å². The van der Waals surface area contributed by atoms with Gasteiger partial charge in [-0.2, -0.15) is 8.78 Å². The van der Waals surface area contributed by atoms with Crippen molar-refractivity contribution in [3.63, 3.8) is 0 Å². The zero-order chi connectivity index (χ0) is 24.9. The number of rotatable bonds is 6. The predicted octanol–water partition coefficient (Wildman–Crippen LogP) is 5.06. The Hall–Kier alpha value is -2.51. The highest BCUT2D eigenvalue weighted by Gasteiger charge is 2.49. The van der Waals surface area contributed by atoms with E-state index in [2.05, 4.69) is 20.3 Å². The number of aryl methyl sites for hydroxylation is 2. The number of anilines is 1. The molecule has 0 radical (unpaired) electrons. The Kier molecular flexibility index (Phi) is 6.37. The molecule has 1 atom stereocenters. The molecule has 2 heterocycles. The first-order valence-electron chi connectivity index (χ1n) is 10.4. The monoisotopic (exact) mass is 480 g/mol. The van der Waals surface area contributed by atoms with Crippen molar-refractivity contribution >= 4 is 29.3 Å².